The predicted molar refractivity (Wildman–Crippen MR) is 94.7 cm³/mol. The summed E-state index contributed by atoms with van der Waals surface area (Å²) in [5.41, 5.74) is 0.884. The molecular formula is C14H12Br3NO2S. The van der Waals surface area contributed by atoms with Crippen LogP contribution in [0.15, 0.2) is 60.8 Å². The summed E-state index contributed by atoms with van der Waals surface area (Å²) < 4.78 is 29.9. The highest BCUT2D eigenvalue weighted by atomic mass is 79.9. The Morgan fingerprint density at radius 3 is 2.29 bits per heavy atom. The van der Waals surface area contributed by atoms with Crippen LogP contribution in [0.3, 0.4) is 0 Å². The monoisotopic (exact) mass is 495 g/mol. The Hall–Kier alpha value is -0.210. The molecule has 0 radical (unpaired) electrons. The van der Waals surface area contributed by atoms with Crippen molar-refractivity contribution in [1.29, 1.82) is 0 Å². The van der Waals surface area contributed by atoms with Crippen LogP contribution in [0, 0.1) is 0 Å². The molecule has 0 aliphatic rings. The Balaban J connectivity index is 2.31. The van der Waals surface area contributed by atoms with E-state index in [1.54, 1.807) is 18.2 Å². The van der Waals surface area contributed by atoms with Gasteiger partial charge in [-0.05, 0) is 52.7 Å². The Morgan fingerprint density at radius 1 is 1.00 bits per heavy atom. The van der Waals surface area contributed by atoms with Crippen LogP contribution in [0.25, 0.3) is 0 Å². The summed E-state index contributed by atoms with van der Waals surface area (Å²) in [4.78, 5) is 0.213. The van der Waals surface area contributed by atoms with Crippen molar-refractivity contribution in [3.8, 4) is 0 Å². The van der Waals surface area contributed by atoms with Gasteiger partial charge in [0.05, 0.1) is 4.90 Å². The third kappa shape index (κ3) is 4.16. The van der Waals surface area contributed by atoms with E-state index >= 15 is 0 Å². The number of sulfonamides is 1. The molecule has 0 heterocycles. The first-order valence-corrected chi connectivity index (χ1v) is 9.89. The molecule has 0 amide bonds. The molecule has 3 nitrogen and oxygen atoms in total. The fraction of sp³-hybridized carbons (Fsp3) is 0.143. The normalized spacial score (nSPS) is 13.1. The summed E-state index contributed by atoms with van der Waals surface area (Å²) in [7, 11) is -3.61. The predicted octanol–water partition coefficient (Wildman–Crippen LogP) is 5.01. The molecule has 0 saturated carbocycles. The average molecular weight is 498 g/mol. The van der Waals surface area contributed by atoms with Gasteiger partial charge in [-0.25, -0.2) is 13.1 Å². The molecule has 21 heavy (non-hydrogen) atoms. The van der Waals surface area contributed by atoms with Crippen molar-refractivity contribution >= 4 is 57.8 Å². The third-order valence-corrected chi connectivity index (χ3v) is 6.62. The van der Waals surface area contributed by atoms with Crippen LogP contribution in [-0.4, -0.2) is 8.42 Å². The zero-order valence-corrected chi connectivity index (χ0v) is 16.6. The SMILES string of the molecule is CC(NS(=O)(=O)c1ccc(Br)cc1Br)c1ccccc1Br. The molecular weight excluding hydrogens is 486 g/mol. The molecule has 1 atom stereocenters. The van der Waals surface area contributed by atoms with Crippen LogP contribution < -0.4 is 4.72 Å². The molecule has 0 aliphatic heterocycles. The summed E-state index contributed by atoms with van der Waals surface area (Å²) >= 11 is 10.0. The number of hydrogen-bond donors (Lipinski definition) is 1. The highest BCUT2D eigenvalue weighted by Gasteiger charge is 2.21. The smallest absolute Gasteiger partial charge is 0.207 e. The average Bonchev–Trinajstić information content (AvgIpc) is 2.37. The first-order valence-electron chi connectivity index (χ1n) is 6.03. The van der Waals surface area contributed by atoms with E-state index < -0.39 is 10.0 Å². The standard InChI is InChI=1S/C14H12Br3NO2S/c1-9(11-4-2-3-5-12(11)16)18-21(19,20)14-7-6-10(15)8-13(14)17/h2-9,18H,1H3. The van der Waals surface area contributed by atoms with E-state index in [2.05, 4.69) is 52.5 Å². The van der Waals surface area contributed by atoms with Crippen LogP contribution in [-0.2, 0) is 10.0 Å². The van der Waals surface area contributed by atoms with Crippen molar-refractivity contribution in [2.24, 2.45) is 0 Å². The largest absolute Gasteiger partial charge is 0.242 e. The minimum absolute atomic E-state index is 0.213. The Morgan fingerprint density at radius 2 is 1.67 bits per heavy atom. The van der Waals surface area contributed by atoms with Gasteiger partial charge in [-0.2, -0.15) is 0 Å². The molecule has 0 bridgehead atoms. The van der Waals surface area contributed by atoms with E-state index in [9.17, 15) is 8.42 Å². The van der Waals surface area contributed by atoms with E-state index in [1.165, 1.54) is 0 Å². The number of benzene rings is 2. The second-order valence-electron chi connectivity index (χ2n) is 4.44. The van der Waals surface area contributed by atoms with Crippen molar-refractivity contribution in [1.82, 2.24) is 4.72 Å². The lowest BCUT2D eigenvalue weighted by Crippen LogP contribution is -2.27. The summed E-state index contributed by atoms with van der Waals surface area (Å²) in [6.07, 6.45) is 0. The molecule has 2 aromatic rings. The second kappa shape index (κ2) is 6.91. The quantitative estimate of drug-likeness (QED) is 0.645. The van der Waals surface area contributed by atoms with Crippen molar-refractivity contribution in [3.05, 3.63) is 61.4 Å². The zero-order valence-electron chi connectivity index (χ0n) is 11.0. The highest BCUT2D eigenvalue weighted by Crippen LogP contribution is 2.28. The summed E-state index contributed by atoms with van der Waals surface area (Å²) in [6, 6.07) is 12.1. The van der Waals surface area contributed by atoms with Gasteiger partial charge in [0.2, 0.25) is 10.0 Å². The third-order valence-electron chi connectivity index (χ3n) is 2.89. The van der Waals surface area contributed by atoms with Crippen LogP contribution in [0.1, 0.15) is 18.5 Å². The lowest BCUT2D eigenvalue weighted by molar-refractivity contribution is 0.566. The molecule has 0 spiro atoms. The van der Waals surface area contributed by atoms with Gasteiger partial charge in [-0.3, -0.25) is 0 Å². The zero-order chi connectivity index (χ0) is 15.6. The van der Waals surface area contributed by atoms with Crippen LogP contribution in [0.2, 0.25) is 0 Å². The Kier molecular flexibility index (Phi) is 5.65. The molecule has 1 N–H and O–H groups in total. The molecule has 112 valence electrons. The minimum atomic E-state index is -3.61. The van der Waals surface area contributed by atoms with Gasteiger partial charge in [0.25, 0.3) is 0 Å². The maximum Gasteiger partial charge on any atom is 0.242 e. The highest BCUT2D eigenvalue weighted by molar-refractivity contribution is 9.11. The molecule has 0 aromatic heterocycles. The summed E-state index contributed by atoms with van der Waals surface area (Å²) in [5, 5.41) is 0. The van der Waals surface area contributed by atoms with Crippen LogP contribution in [0.5, 0.6) is 0 Å². The van der Waals surface area contributed by atoms with Crippen molar-refractivity contribution < 1.29 is 8.42 Å². The van der Waals surface area contributed by atoms with E-state index in [-0.39, 0.29) is 10.9 Å². The van der Waals surface area contributed by atoms with Gasteiger partial charge >= 0.3 is 0 Å². The van der Waals surface area contributed by atoms with Gasteiger partial charge < -0.3 is 0 Å². The first kappa shape index (κ1) is 17.1. The number of rotatable bonds is 4. The Bertz CT molecular complexity index is 763. The number of hydrogen-bond acceptors (Lipinski definition) is 2. The summed E-state index contributed by atoms with van der Waals surface area (Å²) in [6.45, 7) is 1.81. The van der Waals surface area contributed by atoms with Gasteiger partial charge in [-0.1, -0.05) is 50.1 Å². The topological polar surface area (TPSA) is 46.2 Å². The van der Waals surface area contributed by atoms with E-state index in [0.717, 1.165) is 14.5 Å². The maximum absolute atomic E-state index is 12.5. The van der Waals surface area contributed by atoms with Crippen molar-refractivity contribution in [3.63, 3.8) is 0 Å². The summed E-state index contributed by atoms with van der Waals surface area (Å²) in [5.74, 6) is 0. The number of nitrogens with one attached hydrogen (secondary N) is 1. The van der Waals surface area contributed by atoms with Gasteiger partial charge in [0, 0.05) is 19.5 Å². The lowest BCUT2D eigenvalue weighted by Gasteiger charge is -2.16. The molecule has 0 saturated heterocycles. The van der Waals surface area contributed by atoms with Gasteiger partial charge in [0.1, 0.15) is 0 Å². The molecule has 2 rings (SSSR count). The molecule has 0 fully saturated rings. The second-order valence-corrected chi connectivity index (χ2v) is 8.75. The lowest BCUT2D eigenvalue weighted by atomic mass is 10.1. The molecule has 7 heteroatoms. The molecule has 0 aliphatic carbocycles. The minimum Gasteiger partial charge on any atom is -0.207 e. The van der Waals surface area contributed by atoms with Crippen LogP contribution >= 0.6 is 47.8 Å². The van der Waals surface area contributed by atoms with E-state index in [0.29, 0.717) is 4.47 Å². The maximum atomic E-state index is 12.5. The number of halogens is 3. The van der Waals surface area contributed by atoms with E-state index in [4.69, 9.17) is 0 Å². The first-order chi connectivity index (χ1) is 9.81. The van der Waals surface area contributed by atoms with Crippen molar-refractivity contribution in [2.75, 3.05) is 0 Å². The Labute approximate surface area is 149 Å². The van der Waals surface area contributed by atoms with Crippen molar-refractivity contribution in [2.45, 2.75) is 17.9 Å². The fourth-order valence-corrected chi connectivity index (χ4v) is 5.48. The van der Waals surface area contributed by atoms with Gasteiger partial charge in [0.15, 0.2) is 0 Å². The van der Waals surface area contributed by atoms with Gasteiger partial charge in [-0.15, -0.1) is 0 Å². The fourth-order valence-electron chi connectivity index (χ4n) is 1.88. The molecule has 1 unspecified atom stereocenters. The van der Waals surface area contributed by atoms with Crippen LogP contribution in [0.4, 0.5) is 0 Å². The molecule has 2 aromatic carbocycles. The van der Waals surface area contributed by atoms with E-state index in [1.807, 2.05) is 31.2 Å².